The molecule has 0 bridgehead atoms. The number of pyridine rings is 1. The van der Waals surface area contributed by atoms with Crippen LogP contribution >= 0.6 is 0 Å². The lowest BCUT2D eigenvalue weighted by Crippen LogP contribution is -2.37. The molecule has 5 rings (SSSR count). The fourth-order valence-corrected chi connectivity index (χ4v) is 5.54. The van der Waals surface area contributed by atoms with Crippen LogP contribution in [0.2, 0.25) is 0 Å². The van der Waals surface area contributed by atoms with E-state index < -0.39 is 5.92 Å². The Hall–Kier alpha value is -4.39. The van der Waals surface area contributed by atoms with E-state index in [0.29, 0.717) is 29.8 Å². The Kier molecular flexibility index (Phi) is 7.24. The lowest BCUT2D eigenvalue weighted by atomic mass is 9.71. The number of ether oxygens (including phenoxy) is 1. The summed E-state index contributed by atoms with van der Waals surface area (Å²) >= 11 is 0. The highest BCUT2D eigenvalue weighted by molar-refractivity contribution is 6.09. The van der Waals surface area contributed by atoms with Gasteiger partial charge in [-0.1, -0.05) is 24.3 Å². The minimum Gasteiger partial charge on any atom is -0.497 e. The first-order valence-electron chi connectivity index (χ1n) is 13.1. The molecule has 2 atom stereocenters. The molecule has 0 radical (unpaired) electrons. The standard InChI is InChI=1S/C32H34N4O3/c1-19-14-15-33-28(16-19)35-32(38)29-20(2)34-26-17-23(21-8-12-25(39-5)13-9-21)18-27(37)31(26)30(29)22-6-10-24(11-7-22)36(3)4/h6-16,23,30,34H,17-18H2,1-5H3,(H,33,35,38). The van der Waals surface area contributed by atoms with Crippen LogP contribution in [-0.2, 0) is 9.59 Å². The van der Waals surface area contributed by atoms with Crippen molar-refractivity contribution in [3.63, 3.8) is 0 Å². The SMILES string of the molecule is COc1ccc(C2CC(=O)C3=C(C2)NC(C)=C(C(=O)Nc2cc(C)ccn2)C3c2ccc(N(C)C)cc2)cc1. The lowest BCUT2D eigenvalue weighted by Gasteiger charge is -2.37. The van der Waals surface area contributed by atoms with Gasteiger partial charge in [0, 0.05) is 60.9 Å². The van der Waals surface area contributed by atoms with E-state index in [0.717, 1.165) is 39.5 Å². The van der Waals surface area contributed by atoms with Gasteiger partial charge in [0.1, 0.15) is 11.6 Å². The summed E-state index contributed by atoms with van der Waals surface area (Å²) in [5.41, 5.74) is 6.89. The highest BCUT2D eigenvalue weighted by Gasteiger charge is 2.41. The number of carbonyl (C=O) groups is 2. The number of aryl methyl sites for hydroxylation is 1. The number of dihydropyridines is 1. The van der Waals surface area contributed by atoms with Crippen molar-refractivity contribution >= 4 is 23.2 Å². The Balaban J connectivity index is 1.54. The average molecular weight is 523 g/mol. The van der Waals surface area contributed by atoms with Gasteiger partial charge >= 0.3 is 0 Å². The van der Waals surface area contributed by atoms with Crippen molar-refractivity contribution in [2.24, 2.45) is 0 Å². The molecular formula is C32H34N4O3. The minimum atomic E-state index is -0.480. The van der Waals surface area contributed by atoms with Gasteiger partial charge in [0.2, 0.25) is 0 Å². The van der Waals surface area contributed by atoms with Gasteiger partial charge in [-0.05, 0) is 79.3 Å². The molecule has 0 spiro atoms. The van der Waals surface area contributed by atoms with Crippen LogP contribution in [0.25, 0.3) is 0 Å². The second kappa shape index (κ2) is 10.8. The van der Waals surface area contributed by atoms with Gasteiger partial charge in [0.25, 0.3) is 5.91 Å². The number of Topliss-reactive ketones (excluding diaryl/α,β-unsaturated/α-hetero) is 1. The predicted octanol–water partition coefficient (Wildman–Crippen LogP) is 5.46. The zero-order valence-corrected chi connectivity index (χ0v) is 23.0. The van der Waals surface area contributed by atoms with Crippen molar-refractivity contribution in [1.29, 1.82) is 0 Å². The number of nitrogens with one attached hydrogen (secondary N) is 2. The van der Waals surface area contributed by atoms with E-state index in [1.165, 1.54) is 0 Å². The molecule has 2 aliphatic rings. The Labute approximate surface area is 229 Å². The van der Waals surface area contributed by atoms with Crippen molar-refractivity contribution < 1.29 is 14.3 Å². The first kappa shape index (κ1) is 26.2. The molecule has 2 aromatic carbocycles. The Bertz CT molecular complexity index is 1470. The van der Waals surface area contributed by atoms with Crippen molar-refractivity contribution in [1.82, 2.24) is 10.3 Å². The average Bonchev–Trinajstić information content (AvgIpc) is 2.92. The van der Waals surface area contributed by atoms with E-state index in [1.54, 1.807) is 13.3 Å². The fourth-order valence-electron chi connectivity index (χ4n) is 5.54. The van der Waals surface area contributed by atoms with Crippen molar-refractivity contribution in [3.05, 3.63) is 106 Å². The summed E-state index contributed by atoms with van der Waals surface area (Å²) in [5.74, 6) is 0.624. The molecule has 0 saturated carbocycles. The van der Waals surface area contributed by atoms with E-state index in [1.807, 2.05) is 93.5 Å². The topological polar surface area (TPSA) is 83.6 Å². The number of nitrogens with zero attached hydrogens (tertiary/aromatic N) is 2. The molecule has 1 aliphatic heterocycles. The van der Waals surface area contributed by atoms with E-state index in [2.05, 4.69) is 15.6 Å². The highest BCUT2D eigenvalue weighted by atomic mass is 16.5. The molecule has 3 aromatic rings. The van der Waals surface area contributed by atoms with E-state index >= 15 is 0 Å². The Morgan fingerprint density at radius 1 is 1.00 bits per heavy atom. The summed E-state index contributed by atoms with van der Waals surface area (Å²) in [6.45, 7) is 3.86. The van der Waals surface area contributed by atoms with Gasteiger partial charge in [0.05, 0.1) is 7.11 Å². The third-order valence-electron chi connectivity index (χ3n) is 7.56. The van der Waals surface area contributed by atoms with Gasteiger partial charge in [-0.15, -0.1) is 0 Å². The normalized spacial score (nSPS) is 18.8. The molecule has 2 N–H and O–H groups in total. The minimum absolute atomic E-state index is 0.0473. The molecule has 2 heterocycles. The molecular weight excluding hydrogens is 488 g/mol. The molecule has 39 heavy (non-hydrogen) atoms. The van der Waals surface area contributed by atoms with Crippen LogP contribution in [0.5, 0.6) is 5.75 Å². The molecule has 7 heteroatoms. The highest BCUT2D eigenvalue weighted by Crippen LogP contribution is 2.46. The Morgan fingerprint density at radius 3 is 2.33 bits per heavy atom. The van der Waals surface area contributed by atoms with Crippen LogP contribution in [0.1, 0.15) is 48.3 Å². The maximum absolute atomic E-state index is 13.9. The summed E-state index contributed by atoms with van der Waals surface area (Å²) in [5, 5.41) is 6.42. The molecule has 7 nitrogen and oxygen atoms in total. The van der Waals surface area contributed by atoms with Crippen LogP contribution < -0.4 is 20.3 Å². The third-order valence-corrected chi connectivity index (χ3v) is 7.56. The number of aromatic nitrogens is 1. The second-order valence-corrected chi connectivity index (χ2v) is 10.4. The van der Waals surface area contributed by atoms with E-state index in [-0.39, 0.29) is 17.6 Å². The molecule has 0 saturated heterocycles. The van der Waals surface area contributed by atoms with Gasteiger partial charge in [0.15, 0.2) is 5.78 Å². The summed E-state index contributed by atoms with van der Waals surface area (Å²) in [7, 11) is 5.62. The Morgan fingerprint density at radius 2 is 1.69 bits per heavy atom. The van der Waals surface area contributed by atoms with Crippen LogP contribution in [0.4, 0.5) is 11.5 Å². The quantitative estimate of drug-likeness (QED) is 0.447. The second-order valence-electron chi connectivity index (χ2n) is 10.4. The van der Waals surface area contributed by atoms with Crippen LogP contribution in [-0.4, -0.2) is 37.9 Å². The number of rotatable bonds is 6. The van der Waals surface area contributed by atoms with Crippen molar-refractivity contribution in [2.75, 3.05) is 31.4 Å². The summed E-state index contributed by atoms with van der Waals surface area (Å²) in [6.07, 6.45) is 2.74. The number of amides is 1. The molecule has 1 aromatic heterocycles. The van der Waals surface area contributed by atoms with E-state index in [4.69, 9.17) is 4.74 Å². The predicted molar refractivity (Wildman–Crippen MR) is 154 cm³/mol. The number of hydrogen-bond donors (Lipinski definition) is 2. The monoisotopic (exact) mass is 522 g/mol. The van der Waals surface area contributed by atoms with Gasteiger partial charge in [-0.3, -0.25) is 9.59 Å². The molecule has 200 valence electrons. The van der Waals surface area contributed by atoms with Crippen LogP contribution in [0.15, 0.2) is 89.4 Å². The van der Waals surface area contributed by atoms with E-state index in [9.17, 15) is 9.59 Å². The summed E-state index contributed by atoms with van der Waals surface area (Å²) in [4.78, 5) is 34.0. The number of anilines is 2. The molecule has 1 amide bonds. The first-order valence-corrected chi connectivity index (χ1v) is 13.1. The van der Waals surface area contributed by atoms with Gasteiger partial charge < -0.3 is 20.3 Å². The molecule has 1 aliphatic carbocycles. The maximum atomic E-state index is 13.9. The summed E-state index contributed by atoms with van der Waals surface area (Å²) in [6, 6.07) is 19.7. The number of methoxy groups -OCH3 is 1. The van der Waals surface area contributed by atoms with Gasteiger partial charge in [-0.2, -0.15) is 0 Å². The van der Waals surface area contributed by atoms with Gasteiger partial charge in [-0.25, -0.2) is 4.98 Å². The largest absolute Gasteiger partial charge is 0.497 e. The number of carbonyl (C=O) groups excluding carboxylic acids is 2. The first-order chi connectivity index (χ1) is 18.7. The van der Waals surface area contributed by atoms with Crippen LogP contribution in [0.3, 0.4) is 0 Å². The van der Waals surface area contributed by atoms with Crippen molar-refractivity contribution in [3.8, 4) is 5.75 Å². The fraction of sp³-hybridized carbons (Fsp3) is 0.281. The van der Waals surface area contributed by atoms with Crippen LogP contribution in [0, 0.1) is 6.92 Å². The number of ketones is 1. The number of benzene rings is 2. The number of allylic oxidation sites excluding steroid dienone is 3. The van der Waals surface area contributed by atoms with Crippen molar-refractivity contribution in [2.45, 2.75) is 38.5 Å². The maximum Gasteiger partial charge on any atom is 0.255 e. The summed E-state index contributed by atoms with van der Waals surface area (Å²) < 4.78 is 5.31. The molecule has 2 unspecified atom stereocenters. The zero-order valence-electron chi connectivity index (χ0n) is 23.0. The third kappa shape index (κ3) is 5.30. The lowest BCUT2D eigenvalue weighted by molar-refractivity contribution is -0.116. The smallest absolute Gasteiger partial charge is 0.255 e. The molecule has 0 fully saturated rings. The number of hydrogen-bond acceptors (Lipinski definition) is 6. The zero-order chi connectivity index (χ0) is 27.7.